The first-order valence-electron chi connectivity index (χ1n) is 19.0. The monoisotopic (exact) mass is 696 g/mol. The van der Waals surface area contributed by atoms with Gasteiger partial charge in [-0.2, -0.15) is 0 Å². The normalized spacial score (nSPS) is 13.2. The third-order valence-corrected chi connectivity index (χ3v) is 12.0. The molecule has 8 aromatic carbocycles. The Bertz CT molecular complexity index is 3170. The molecule has 0 bridgehead atoms. The maximum atomic E-state index is 5.35. The standard InChI is InChI=1S/C53H32N2/c1-2-13-33(14-3-1)47-29-27-34-25-26-35-28-30-48(55-52(35)51(34)54-47)38-17-12-16-36(31-38)43-32-37-15-4-5-18-39(37)50-49(43)42-21-8-11-24-46(42)53(50)44-22-9-6-19-40(44)41-20-7-10-23-45(41)53/h1-32H. The zero-order chi connectivity index (χ0) is 36.1. The largest absolute Gasteiger partial charge is 0.245 e. The summed E-state index contributed by atoms with van der Waals surface area (Å²) in [5, 5.41) is 4.70. The zero-order valence-corrected chi connectivity index (χ0v) is 29.9. The molecule has 0 unspecified atom stereocenters. The van der Waals surface area contributed by atoms with Gasteiger partial charge in [0.05, 0.1) is 27.8 Å². The van der Waals surface area contributed by atoms with Crippen LogP contribution in [0.15, 0.2) is 194 Å². The van der Waals surface area contributed by atoms with Crippen LogP contribution in [0.25, 0.3) is 88.5 Å². The highest BCUT2D eigenvalue weighted by molar-refractivity contribution is 6.09. The van der Waals surface area contributed by atoms with E-state index in [1.165, 1.54) is 66.4 Å². The summed E-state index contributed by atoms with van der Waals surface area (Å²) in [6.45, 7) is 0. The Hall–Kier alpha value is -7.16. The van der Waals surface area contributed by atoms with E-state index in [1.807, 2.05) is 6.07 Å². The highest BCUT2D eigenvalue weighted by Gasteiger charge is 2.52. The molecule has 0 aliphatic heterocycles. The molecule has 12 rings (SSSR count). The fraction of sp³-hybridized carbons (Fsp3) is 0.0189. The fourth-order valence-corrected chi connectivity index (χ4v) is 9.75. The van der Waals surface area contributed by atoms with Crippen LogP contribution >= 0.6 is 0 Å². The number of benzene rings is 8. The summed E-state index contributed by atoms with van der Waals surface area (Å²) in [5.41, 5.74) is 18.6. The molecule has 254 valence electrons. The number of hydrogen-bond acceptors (Lipinski definition) is 2. The molecule has 2 heterocycles. The predicted molar refractivity (Wildman–Crippen MR) is 227 cm³/mol. The second-order valence-electron chi connectivity index (χ2n) is 14.8. The van der Waals surface area contributed by atoms with Crippen molar-refractivity contribution in [3.8, 4) is 55.9 Å². The first kappa shape index (κ1) is 30.3. The van der Waals surface area contributed by atoms with Crippen LogP contribution in [0.4, 0.5) is 0 Å². The molecule has 0 saturated heterocycles. The van der Waals surface area contributed by atoms with E-state index < -0.39 is 5.41 Å². The summed E-state index contributed by atoms with van der Waals surface area (Å²) >= 11 is 0. The number of rotatable bonds is 3. The molecule has 2 aromatic heterocycles. The van der Waals surface area contributed by atoms with Crippen LogP contribution in [0.2, 0.25) is 0 Å². The Balaban J connectivity index is 1.10. The average Bonchev–Trinajstić information content (AvgIpc) is 3.74. The van der Waals surface area contributed by atoms with Gasteiger partial charge in [-0.15, -0.1) is 0 Å². The van der Waals surface area contributed by atoms with Gasteiger partial charge in [-0.25, -0.2) is 9.97 Å². The van der Waals surface area contributed by atoms with Gasteiger partial charge in [-0.3, -0.25) is 0 Å². The molecular formula is C53H32N2. The molecule has 2 aliphatic rings. The number of fused-ring (bicyclic) bond motifs is 15. The Labute approximate surface area is 319 Å². The fourth-order valence-electron chi connectivity index (χ4n) is 9.75. The van der Waals surface area contributed by atoms with Gasteiger partial charge in [0.2, 0.25) is 0 Å². The van der Waals surface area contributed by atoms with E-state index >= 15 is 0 Å². The number of hydrogen-bond donors (Lipinski definition) is 0. The van der Waals surface area contributed by atoms with Crippen LogP contribution in [0, 0.1) is 0 Å². The minimum Gasteiger partial charge on any atom is -0.245 e. The molecule has 0 N–H and O–H groups in total. The molecule has 10 aromatic rings. The van der Waals surface area contributed by atoms with E-state index in [-0.39, 0.29) is 0 Å². The molecule has 2 aliphatic carbocycles. The number of aromatic nitrogens is 2. The highest BCUT2D eigenvalue weighted by atomic mass is 14.8. The maximum absolute atomic E-state index is 5.35. The Morgan fingerprint density at radius 1 is 0.327 bits per heavy atom. The molecule has 0 amide bonds. The SMILES string of the molecule is c1ccc(-c2ccc3ccc4ccc(-c5cccc(-c6cc7ccccc7c7c6-c6ccccc6C76c7ccccc7-c7ccccc76)c5)nc4c3n2)cc1. The van der Waals surface area contributed by atoms with Gasteiger partial charge in [-0.1, -0.05) is 170 Å². The van der Waals surface area contributed by atoms with E-state index in [1.54, 1.807) is 0 Å². The molecular weight excluding hydrogens is 665 g/mol. The summed E-state index contributed by atoms with van der Waals surface area (Å²) in [4.78, 5) is 10.5. The third-order valence-electron chi connectivity index (χ3n) is 12.0. The summed E-state index contributed by atoms with van der Waals surface area (Å²) in [6, 6.07) is 70.8. The summed E-state index contributed by atoms with van der Waals surface area (Å²) < 4.78 is 0. The summed E-state index contributed by atoms with van der Waals surface area (Å²) in [7, 11) is 0. The van der Waals surface area contributed by atoms with Crippen molar-refractivity contribution >= 4 is 32.6 Å². The van der Waals surface area contributed by atoms with E-state index in [2.05, 4.69) is 188 Å². The molecule has 2 nitrogen and oxygen atoms in total. The molecule has 1 spiro atoms. The maximum Gasteiger partial charge on any atom is 0.0972 e. The topological polar surface area (TPSA) is 25.8 Å². The smallest absolute Gasteiger partial charge is 0.0972 e. The van der Waals surface area contributed by atoms with Crippen molar-refractivity contribution in [1.82, 2.24) is 9.97 Å². The van der Waals surface area contributed by atoms with Crippen LogP contribution in [0.1, 0.15) is 22.3 Å². The van der Waals surface area contributed by atoms with Gasteiger partial charge in [0.25, 0.3) is 0 Å². The van der Waals surface area contributed by atoms with Gasteiger partial charge >= 0.3 is 0 Å². The lowest BCUT2D eigenvalue weighted by Gasteiger charge is -2.31. The van der Waals surface area contributed by atoms with Crippen molar-refractivity contribution in [3.05, 3.63) is 216 Å². The van der Waals surface area contributed by atoms with Gasteiger partial charge in [0.15, 0.2) is 0 Å². The van der Waals surface area contributed by atoms with Crippen LogP contribution in [-0.4, -0.2) is 9.97 Å². The Morgan fingerprint density at radius 2 is 0.836 bits per heavy atom. The Morgan fingerprint density at radius 3 is 1.53 bits per heavy atom. The van der Waals surface area contributed by atoms with Crippen LogP contribution in [0.3, 0.4) is 0 Å². The van der Waals surface area contributed by atoms with Crippen molar-refractivity contribution in [2.24, 2.45) is 0 Å². The first-order valence-corrected chi connectivity index (χ1v) is 19.0. The molecule has 0 saturated carbocycles. The van der Waals surface area contributed by atoms with E-state index in [4.69, 9.17) is 9.97 Å². The summed E-state index contributed by atoms with van der Waals surface area (Å²) in [5.74, 6) is 0. The zero-order valence-electron chi connectivity index (χ0n) is 29.9. The third kappa shape index (κ3) is 4.19. The average molecular weight is 697 g/mol. The van der Waals surface area contributed by atoms with E-state index in [0.29, 0.717) is 0 Å². The predicted octanol–water partition coefficient (Wildman–Crippen LogP) is 13.3. The summed E-state index contributed by atoms with van der Waals surface area (Å²) in [6.07, 6.45) is 0. The molecule has 2 heteroatoms. The second kappa shape index (κ2) is 11.4. The number of pyridine rings is 2. The highest BCUT2D eigenvalue weighted by Crippen LogP contribution is 2.65. The van der Waals surface area contributed by atoms with Crippen molar-refractivity contribution in [3.63, 3.8) is 0 Å². The van der Waals surface area contributed by atoms with Crippen molar-refractivity contribution in [2.75, 3.05) is 0 Å². The van der Waals surface area contributed by atoms with Gasteiger partial charge < -0.3 is 0 Å². The van der Waals surface area contributed by atoms with Crippen molar-refractivity contribution < 1.29 is 0 Å². The molecule has 0 radical (unpaired) electrons. The van der Waals surface area contributed by atoms with Crippen molar-refractivity contribution in [2.45, 2.75) is 5.41 Å². The Kier molecular flexibility index (Phi) is 6.29. The molecule has 0 fully saturated rings. The second-order valence-corrected chi connectivity index (χ2v) is 14.8. The quantitative estimate of drug-likeness (QED) is 0.172. The van der Waals surface area contributed by atoms with Gasteiger partial charge in [-0.05, 0) is 90.7 Å². The van der Waals surface area contributed by atoms with Gasteiger partial charge in [0.1, 0.15) is 0 Å². The molecule has 0 atom stereocenters. The van der Waals surface area contributed by atoms with Crippen LogP contribution in [-0.2, 0) is 5.41 Å². The van der Waals surface area contributed by atoms with Crippen LogP contribution in [0.5, 0.6) is 0 Å². The minimum atomic E-state index is -0.432. The lowest BCUT2D eigenvalue weighted by Crippen LogP contribution is -2.26. The lowest BCUT2D eigenvalue weighted by atomic mass is 9.69. The first-order chi connectivity index (χ1) is 27.3. The van der Waals surface area contributed by atoms with Gasteiger partial charge in [0, 0.05) is 21.9 Å². The minimum absolute atomic E-state index is 0.432. The van der Waals surface area contributed by atoms with E-state index in [0.717, 1.165) is 44.3 Å². The lowest BCUT2D eigenvalue weighted by molar-refractivity contribution is 0.801. The van der Waals surface area contributed by atoms with Crippen LogP contribution < -0.4 is 0 Å². The number of nitrogens with zero attached hydrogens (tertiary/aromatic N) is 2. The van der Waals surface area contributed by atoms with E-state index in [9.17, 15) is 0 Å². The molecule has 55 heavy (non-hydrogen) atoms. The van der Waals surface area contributed by atoms with Crippen molar-refractivity contribution in [1.29, 1.82) is 0 Å².